The molecule has 0 bridgehead atoms. The van der Waals surface area contributed by atoms with Crippen LogP contribution in [0.25, 0.3) is 0 Å². The van der Waals surface area contributed by atoms with E-state index in [2.05, 4.69) is 12.2 Å². The summed E-state index contributed by atoms with van der Waals surface area (Å²) in [5, 5.41) is 3.50. The maximum atomic E-state index is 11.9. The third-order valence-electron chi connectivity index (χ3n) is 3.75. The number of amides is 1. The summed E-state index contributed by atoms with van der Waals surface area (Å²) in [6, 6.07) is 12.6. The van der Waals surface area contributed by atoms with E-state index in [-0.39, 0.29) is 18.9 Å². The molecule has 0 aliphatic carbocycles. The highest BCUT2D eigenvalue weighted by molar-refractivity contribution is 6.42. The molecule has 0 aliphatic heterocycles. The largest absolute Gasteiger partial charge is 0.455 e. The van der Waals surface area contributed by atoms with Crippen molar-refractivity contribution in [1.82, 2.24) is 0 Å². The summed E-state index contributed by atoms with van der Waals surface area (Å²) in [5.41, 5.74) is 2.58. The molecule has 2 rings (SSSR count). The Hall–Kier alpha value is -2.04. The van der Waals surface area contributed by atoms with E-state index in [0.29, 0.717) is 21.3 Å². The van der Waals surface area contributed by atoms with Crippen molar-refractivity contribution in [1.29, 1.82) is 0 Å². The fourth-order valence-corrected chi connectivity index (χ4v) is 2.67. The van der Waals surface area contributed by atoms with Crippen LogP contribution in [-0.2, 0) is 27.2 Å². The SMILES string of the molecule is CCCCc1ccc(NC(=O)COC(=O)Cc2ccc(Cl)c(Cl)c2)cc1. The summed E-state index contributed by atoms with van der Waals surface area (Å²) < 4.78 is 5.00. The van der Waals surface area contributed by atoms with E-state index in [4.69, 9.17) is 27.9 Å². The molecule has 1 N–H and O–H groups in total. The first-order chi connectivity index (χ1) is 12.5. The number of esters is 1. The van der Waals surface area contributed by atoms with Crippen molar-refractivity contribution in [2.24, 2.45) is 0 Å². The molecule has 0 spiro atoms. The predicted octanol–water partition coefficient (Wildman–Crippen LogP) is 5.06. The van der Waals surface area contributed by atoms with Crippen molar-refractivity contribution in [2.75, 3.05) is 11.9 Å². The monoisotopic (exact) mass is 393 g/mol. The number of anilines is 1. The number of aryl methyl sites for hydroxylation is 1. The van der Waals surface area contributed by atoms with E-state index < -0.39 is 5.97 Å². The van der Waals surface area contributed by atoms with Crippen molar-refractivity contribution < 1.29 is 14.3 Å². The number of ether oxygens (including phenoxy) is 1. The molecular weight excluding hydrogens is 373 g/mol. The lowest BCUT2D eigenvalue weighted by atomic mass is 10.1. The lowest BCUT2D eigenvalue weighted by Gasteiger charge is -2.08. The standard InChI is InChI=1S/C20H21Cl2NO3/c1-2-3-4-14-5-8-16(9-6-14)23-19(24)13-26-20(25)12-15-7-10-17(21)18(22)11-15/h5-11H,2-4,12-13H2,1H3,(H,23,24). The van der Waals surface area contributed by atoms with E-state index in [0.717, 1.165) is 19.3 Å². The first-order valence-electron chi connectivity index (χ1n) is 8.46. The van der Waals surface area contributed by atoms with E-state index in [1.54, 1.807) is 18.2 Å². The average molecular weight is 394 g/mol. The lowest BCUT2D eigenvalue weighted by molar-refractivity contribution is -0.146. The second kappa shape index (κ2) is 10.2. The predicted molar refractivity (Wildman–Crippen MR) is 105 cm³/mol. The van der Waals surface area contributed by atoms with Gasteiger partial charge in [0.15, 0.2) is 6.61 Å². The lowest BCUT2D eigenvalue weighted by Crippen LogP contribution is -2.21. The zero-order valence-electron chi connectivity index (χ0n) is 14.6. The van der Waals surface area contributed by atoms with Gasteiger partial charge in [-0.3, -0.25) is 9.59 Å². The van der Waals surface area contributed by atoms with E-state index >= 15 is 0 Å². The number of carbonyl (C=O) groups excluding carboxylic acids is 2. The Kier molecular flexibility index (Phi) is 7.95. The van der Waals surface area contributed by atoms with Crippen LogP contribution in [0.1, 0.15) is 30.9 Å². The molecule has 0 aromatic heterocycles. The molecule has 0 fully saturated rings. The Morgan fingerprint density at radius 3 is 2.35 bits per heavy atom. The molecule has 6 heteroatoms. The molecule has 1 amide bonds. The van der Waals surface area contributed by atoms with Gasteiger partial charge in [0.25, 0.3) is 5.91 Å². The van der Waals surface area contributed by atoms with Gasteiger partial charge in [-0.2, -0.15) is 0 Å². The van der Waals surface area contributed by atoms with Crippen LogP contribution in [0.15, 0.2) is 42.5 Å². The van der Waals surface area contributed by atoms with Gasteiger partial charge in [0.2, 0.25) is 0 Å². The fourth-order valence-electron chi connectivity index (χ4n) is 2.35. The van der Waals surface area contributed by atoms with Crippen LogP contribution in [0.5, 0.6) is 0 Å². The molecule has 138 valence electrons. The average Bonchev–Trinajstić information content (AvgIpc) is 2.62. The normalized spacial score (nSPS) is 10.4. The Morgan fingerprint density at radius 2 is 1.69 bits per heavy atom. The molecule has 0 radical (unpaired) electrons. The molecule has 0 saturated heterocycles. The van der Waals surface area contributed by atoms with Crippen LogP contribution in [0.2, 0.25) is 10.0 Å². The highest BCUT2D eigenvalue weighted by Gasteiger charge is 2.10. The maximum absolute atomic E-state index is 11.9. The van der Waals surface area contributed by atoms with E-state index in [1.165, 1.54) is 5.56 Å². The van der Waals surface area contributed by atoms with Crippen molar-refractivity contribution in [3.05, 3.63) is 63.6 Å². The van der Waals surface area contributed by atoms with Crippen LogP contribution in [-0.4, -0.2) is 18.5 Å². The maximum Gasteiger partial charge on any atom is 0.310 e. The molecule has 0 heterocycles. The third-order valence-corrected chi connectivity index (χ3v) is 4.49. The number of nitrogens with one attached hydrogen (secondary N) is 1. The van der Waals surface area contributed by atoms with Gasteiger partial charge in [-0.15, -0.1) is 0 Å². The number of hydrogen-bond donors (Lipinski definition) is 1. The van der Waals surface area contributed by atoms with E-state index in [1.807, 2.05) is 24.3 Å². The third kappa shape index (κ3) is 6.70. The quantitative estimate of drug-likeness (QED) is 0.637. The van der Waals surface area contributed by atoms with Crippen LogP contribution >= 0.6 is 23.2 Å². The van der Waals surface area contributed by atoms with E-state index in [9.17, 15) is 9.59 Å². The summed E-state index contributed by atoms with van der Waals surface area (Å²) in [5.74, 6) is -0.887. The minimum atomic E-state index is -0.506. The zero-order chi connectivity index (χ0) is 18.9. The second-order valence-corrected chi connectivity index (χ2v) is 6.75. The summed E-state index contributed by atoms with van der Waals surface area (Å²) in [6.07, 6.45) is 3.33. The van der Waals surface area contributed by atoms with Gasteiger partial charge in [-0.05, 0) is 48.2 Å². The number of hydrogen-bond acceptors (Lipinski definition) is 3. The van der Waals surface area contributed by atoms with Crippen molar-refractivity contribution in [2.45, 2.75) is 32.6 Å². The molecule has 2 aromatic rings. The van der Waals surface area contributed by atoms with Gasteiger partial charge >= 0.3 is 5.97 Å². The van der Waals surface area contributed by atoms with Gasteiger partial charge in [0, 0.05) is 5.69 Å². The number of rotatable bonds is 8. The van der Waals surface area contributed by atoms with Crippen molar-refractivity contribution >= 4 is 40.8 Å². The van der Waals surface area contributed by atoms with Gasteiger partial charge < -0.3 is 10.1 Å². The van der Waals surface area contributed by atoms with Crippen molar-refractivity contribution in [3.8, 4) is 0 Å². The summed E-state index contributed by atoms with van der Waals surface area (Å²) in [4.78, 5) is 23.7. The van der Waals surface area contributed by atoms with Crippen LogP contribution in [0.4, 0.5) is 5.69 Å². The number of halogens is 2. The highest BCUT2D eigenvalue weighted by atomic mass is 35.5. The Bertz CT molecular complexity index is 760. The number of benzene rings is 2. The molecule has 0 aliphatic rings. The first kappa shape index (κ1) is 20.3. The molecule has 4 nitrogen and oxygen atoms in total. The number of unbranched alkanes of at least 4 members (excludes halogenated alkanes) is 1. The topological polar surface area (TPSA) is 55.4 Å². The minimum Gasteiger partial charge on any atom is -0.455 e. The second-order valence-electron chi connectivity index (χ2n) is 5.93. The summed E-state index contributed by atoms with van der Waals surface area (Å²) >= 11 is 11.7. The summed E-state index contributed by atoms with van der Waals surface area (Å²) in [7, 11) is 0. The van der Waals surface area contributed by atoms with Crippen molar-refractivity contribution in [3.63, 3.8) is 0 Å². The van der Waals surface area contributed by atoms with Gasteiger partial charge in [-0.1, -0.05) is 54.7 Å². The molecule has 0 unspecified atom stereocenters. The van der Waals surface area contributed by atoms with Crippen LogP contribution in [0, 0.1) is 0 Å². The molecule has 2 aromatic carbocycles. The molecule has 0 atom stereocenters. The highest BCUT2D eigenvalue weighted by Crippen LogP contribution is 2.22. The first-order valence-corrected chi connectivity index (χ1v) is 9.22. The fraction of sp³-hybridized carbons (Fsp3) is 0.300. The minimum absolute atomic E-state index is 0.0241. The Labute approximate surface area is 163 Å². The molecular formula is C20H21Cl2NO3. The number of carbonyl (C=O) groups is 2. The molecule has 0 saturated carbocycles. The zero-order valence-corrected chi connectivity index (χ0v) is 16.1. The van der Waals surface area contributed by atoms with Crippen LogP contribution in [0.3, 0.4) is 0 Å². The van der Waals surface area contributed by atoms with Gasteiger partial charge in [0.1, 0.15) is 0 Å². The smallest absolute Gasteiger partial charge is 0.310 e. The Morgan fingerprint density at radius 1 is 1.00 bits per heavy atom. The van der Waals surface area contributed by atoms with Crippen LogP contribution < -0.4 is 5.32 Å². The molecule has 26 heavy (non-hydrogen) atoms. The van der Waals surface area contributed by atoms with Gasteiger partial charge in [0.05, 0.1) is 16.5 Å². The van der Waals surface area contributed by atoms with Gasteiger partial charge in [-0.25, -0.2) is 0 Å². The summed E-state index contributed by atoms with van der Waals surface area (Å²) in [6.45, 7) is 1.81. The Balaban J connectivity index is 1.77.